The Balaban J connectivity index is 2.21. The molecule has 0 spiro atoms. The molecule has 0 saturated carbocycles. The summed E-state index contributed by atoms with van der Waals surface area (Å²) < 4.78 is 0. The molecular formula is C17H23N3. The molecule has 0 radical (unpaired) electrons. The van der Waals surface area contributed by atoms with Crippen LogP contribution in [0.2, 0.25) is 0 Å². The van der Waals surface area contributed by atoms with Gasteiger partial charge in [-0.3, -0.25) is 0 Å². The van der Waals surface area contributed by atoms with Gasteiger partial charge in [0.1, 0.15) is 0 Å². The highest BCUT2D eigenvalue weighted by atomic mass is 15.1. The molecule has 0 saturated heterocycles. The van der Waals surface area contributed by atoms with Crippen LogP contribution >= 0.6 is 0 Å². The van der Waals surface area contributed by atoms with Gasteiger partial charge in [-0.2, -0.15) is 10.2 Å². The molecule has 2 aromatic rings. The van der Waals surface area contributed by atoms with Crippen LogP contribution < -0.4 is 5.32 Å². The van der Waals surface area contributed by atoms with E-state index in [0.717, 1.165) is 24.2 Å². The van der Waals surface area contributed by atoms with Gasteiger partial charge in [-0.05, 0) is 56.5 Å². The molecule has 0 fully saturated rings. The van der Waals surface area contributed by atoms with Crippen LogP contribution in [0.25, 0.3) is 0 Å². The lowest BCUT2D eigenvalue weighted by Crippen LogP contribution is -2.20. The molecule has 3 heteroatoms. The molecule has 3 nitrogen and oxygen atoms in total. The molecule has 1 aromatic carbocycles. The van der Waals surface area contributed by atoms with E-state index in [4.69, 9.17) is 0 Å². The third kappa shape index (κ3) is 3.42. The minimum Gasteiger partial charge on any atom is -0.313 e. The molecule has 0 aliphatic heterocycles. The van der Waals surface area contributed by atoms with E-state index in [0.29, 0.717) is 0 Å². The first-order chi connectivity index (χ1) is 9.63. The summed E-state index contributed by atoms with van der Waals surface area (Å²) in [6.07, 6.45) is 2.05. The van der Waals surface area contributed by atoms with Crippen molar-refractivity contribution in [3.05, 3.63) is 58.4 Å². The summed E-state index contributed by atoms with van der Waals surface area (Å²) in [6.45, 7) is 6.19. The van der Waals surface area contributed by atoms with Crippen molar-refractivity contribution in [3.8, 4) is 0 Å². The van der Waals surface area contributed by atoms with Gasteiger partial charge in [0.05, 0.1) is 11.4 Å². The molecule has 0 amide bonds. The molecule has 106 valence electrons. The lowest BCUT2D eigenvalue weighted by molar-refractivity contribution is 0.582. The monoisotopic (exact) mass is 269 g/mol. The van der Waals surface area contributed by atoms with Crippen molar-refractivity contribution in [2.24, 2.45) is 0 Å². The third-order valence-corrected chi connectivity index (χ3v) is 3.73. The smallest absolute Gasteiger partial charge is 0.0648 e. The molecular weight excluding hydrogens is 246 g/mol. The molecule has 1 heterocycles. The molecule has 2 rings (SSSR count). The van der Waals surface area contributed by atoms with E-state index in [-0.39, 0.29) is 6.04 Å². The van der Waals surface area contributed by atoms with Gasteiger partial charge in [-0.25, -0.2) is 0 Å². The fourth-order valence-electron chi connectivity index (χ4n) is 2.44. The van der Waals surface area contributed by atoms with E-state index in [9.17, 15) is 0 Å². The van der Waals surface area contributed by atoms with Crippen LogP contribution in [0.1, 0.15) is 41.0 Å². The molecule has 0 bridgehead atoms. The van der Waals surface area contributed by atoms with E-state index in [1.165, 1.54) is 16.7 Å². The summed E-state index contributed by atoms with van der Waals surface area (Å²) in [5, 5.41) is 11.7. The van der Waals surface area contributed by atoms with Gasteiger partial charge >= 0.3 is 0 Å². The van der Waals surface area contributed by atoms with Crippen LogP contribution in [0.15, 0.2) is 30.3 Å². The maximum atomic E-state index is 4.23. The first-order valence-electron chi connectivity index (χ1n) is 7.20. The van der Waals surface area contributed by atoms with Crippen molar-refractivity contribution in [1.82, 2.24) is 15.5 Å². The van der Waals surface area contributed by atoms with Crippen LogP contribution in [0, 0.1) is 13.8 Å². The first-order valence-corrected chi connectivity index (χ1v) is 7.20. The average molecular weight is 269 g/mol. The SMILES string of the molecule is CCc1ccc(CC(NC)c2cc(C)nnc2C)cc1. The summed E-state index contributed by atoms with van der Waals surface area (Å²) in [4.78, 5) is 0. The van der Waals surface area contributed by atoms with Gasteiger partial charge in [0.15, 0.2) is 0 Å². The number of aryl methyl sites for hydroxylation is 3. The fraction of sp³-hybridized carbons (Fsp3) is 0.412. The van der Waals surface area contributed by atoms with Crippen molar-refractivity contribution >= 4 is 0 Å². The summed E-state index contributed by atoms with van der Waals surface area (Å²) in [6, 6.07) is 11.3. The van der Waals surface area contributed by atoms with E-state index in [1.807, 2.05) is 20.9 Å². The highest BCUT2D eigenvalue weighted by molar-refractivity contribution is 5.28. The van der Waals surface area contributed by atoms with Gasteiger partial charge < -0.3 is 5.32 Å². The van der Waals surface area contributed by atoms with Gasteiger partial charge in [-0.15, -0.1) is 0 Å². The normalized spacial score (nSPS) is 12.4. The summed E-state index contributed by atoms with van der Waals surface area (Å²) in [7, 11) is 2.00. The molecule has 1 atom stereocenters. The Kier molecular flexibility index (Phi) is 4.85. The zero-order chi connectivity index (χ0) is 14.5. The standard InChI is InChI=1S/C17H23N3/c1-5-14-6-8-15(9-7-14)11-17(18-4)16-10-12(2)19-20-13(16)3/h6-10,17-18H,5,11H2,1-4H3. The number of rotatable bonds is 5. The van der Waals surface area contributed by atoms with Gasteiger partial charge in [0.2, 0.25) is 0 Å². The number of nitrogens with zero attached hydrogens (tertiary/aromatic N) is 2. The molecule has 1 N–H and O–H groups in total. The van der Waals surface area contributed by atoms with Crippen LogP contribution in [0.3, 0.4) is 0 Å². The second-order valence-corrected chi connectivity index (χ2v) is 5.24. The molecule has 1 unspecified atom stereocenters. The Hall–Kier alpha value is -1.74. The maximum absolute atomic E-state index is 4.23. The lowest BCUT2D eigenvalue weighted by atomic mass is 9.97. The Bertz CT molecular complexity index is 561. The summed E-state index contributed by atoms with van der Waals surface area (Å²) in [5.41, 5.74) is 5.93. The molecule has 0 aliphatic rings. The second-order valence-electron chi connectivity index (χ2n) is 5.24. The number of hydrogen-bond donors (Lipinski definition) is 1. The zero-order valence-electron chi connectivity index (χ0n) is 12.8. The van der Waals surface area contributed by atoms with Gasteiger partial charge in [0.25, 0.3) is 0 Å². The highest BCUT2D eigenvalue weighted by Crippen LogP contribution is 2.21. The minimum absolute atomic E-state index is 0.275. The van der Waals surface area contributed by atoms with Crippen molar-refractivity contribution in [2.75, 3.05) is 7.05 Å². The summed E-state index contributed by atoms with van der Waals surface area (Å²) in [5.74, 6) is 0. The van der Waals surface area contributed by atoms with Crippen LogP contribution in [0.5, 0.6) is 0 Å². The molecule has 0 aliphatic carbocycles. The topological polar surface area (TPSA) is 37.8 Å². The Morgan fingerprint density at radius 3 is 2.30 bits per heavy atom. The summed E-state index contributed by atoms with van der Waals surface area (Å²) >= 11 is 0. The minimum atomic E-state index is 0.275. The first kappa shape index (κ1) is 14.7. The molecule has 1 aromatic heterocycles. The predicted molar refractivity (Wildman–Crippen MR) is 82.8 cm³/mol. The average Bonchev–Trinajstić information content (AvgIpc) is 2.48. The molecule has 20 heavy (non-hydrogen) atoms. The van der Waals surface area contributed by atoms with Gasteiger partial charge in [0, 0.05) is 6.04 Å². The number of benzene rings is 1. The maximum Gasteiger partial charge on any atom is 0.0648 e. The predicted octanol–water partition coefficient (Wildman–Crippen LogP) is 3.16. The van der Waals surface area contributed by atoms with E-state index >= 15 is 0 Å². The van der Waals surface area contributed by atoms with Crippen LogP contribution in [-0.4, -0.2) is 17.2 Å². The number of likely N-dealkylation sites (N-methyl/N-ethyl adjacent to an activating group) is 1. The number of nitrogens with one attached hydrogen (secondary N) is 1. The van der Waals surface area contributed by atoms with Crippen molar-refractivity contribution in [3.63, 3.8) is 0 Å². The van der Waals surface area contributed by atoms with E-state index < -0.39 is 0 Å². The lowest BCUT2D eigenvalue weighted by Gasteiger charge is -2.18. The Morgan fingerprint density at radius 2 is 1.70 bits per heavy atom. The quantitative estimate of drug-likeness (QED) is 0.906. The number of hydrogen-bond acceptors (Lipinski definition) is 3. The fourth-order valence-corrected chi connectivity index (χ4v) is 2.44. The van der Waals surface area contributed by atoms with E-state index in [1.54, 1.807) is 0 Å². The Labute approximate surface area is 121 Å². The van der Waals surface area contributed by atoms with Crippen molar-refractivity contribution in [2.45, 2.75) is 39.7 Å². The van der Waals surface area contributed by atoms with Crippen LogP contribution in [0.4, 0.5) is 0 Å². The zero-order valence-corrected chi connectivity index (χ0v) is 12.8. The van der Waals surface area contributed by atoms with Crippen LogP contribution in [-0.2, 0) is 12.8 Å². The second kappa shape index (κ2) is 6.62. The van der Waals surface area contributed by atoms with Crippen molar-refractivity contribution in [1.29, 1.82) is 0 Å². The number of aromatic nitrogens is 2. The largest absolute Gasteiger partial charge is 0.313 e. The highest BCUT2D eigenvalue weighted by Gasteiger charge is 2.14. The third-order valence-electron chi connectivity index (χ3n) is 3.73. The van der Waals surface area contributed by atoms with Crippen molar-refractivity contribution < 1.29 is 0 Å². The Morgan fingerprint density at radius 1 is 1.05 bits per heavy atom. The van der Waals surface area contributed by atoms with Gasteiger partial charge in [-0.1, -0.05) is 31.2 Å². The van der Waals surface area contributed by atoms with E-state index in [2.05, 4.69) is 52.8 Å².